The maximum Gasteiger partial charge on any atom is 0.140 e. The van der Waals surface area contributed by atoms with Crippen LogP contribution >= 0.6 is 31.9 Å². The molecule has 4 aliphatic carbocycles. The average Bonchev–Trinajstić information content (AvgIpc) is 3.35. The van der Waals surface area contributed by atoms with Gasteiger partial charge < -0.3 is 0 Å². The van der Waals surface area contributed by atoms with Crippen LogP contribution in [0.5, 0.6) is 0 Å². The molecule has 6 unspecified atom stereocenters. The number of hydrogen-bond donors (Lipinski definition) is 0. The zero-order valence-electron chi connectivity index (χ0n) is 25.3. The third-order valence-electron chi connectivity index (χ3n) is 11.9. The van der Waals surface area contributed by atoms with Crippen molar-refractivity contribution in [2.24, 2.45) is 29.1 Å². The molecule has 0 radical (unpaired) electrons. The van der Waals surface area contributed by atoms with Crippen LogP contribution in [0.2, 0.25) is 0 Å². The number of fused-ring (bicyclic) bond motifs is 3. The fraction of sp³-hybridized carbons (Fsp3) is 0.622. The first kappa shape index (κ1) is 29.8. The minimum absolute atomic E-state index is 0.0224. The topological polar surface area (TPSA) is 34.1 Å². The molecule has 4 heteroatoms. The monoisotopic (exact) mass is 680 g/mol. The maximum absolute atomic E-state index is 14.9. The largest absolute Gasteiger partial charge is 0.299 e. The molecule has 2 nitrogen and oxygen atoms in total. The molecule has 3 saturated carbocycles. The van der Waals surface area contributed by atoms with Crippen LogP contribution in [0, 0.1) is 29.1 Å². The second-order valence-electron chi connectivity index (χ2n) is 13.4. The normalized spacial score (nSPS) is 34.2. The smallest absolute Gasteiger partial charge is 0.140 e. The number of halogens is 2. The van der Waals surface area contributed by atoms with Crippen molar-refractivity contribution < 1.29 is 9.59 Å². The van der Waals surface area contributed by atoms with E-state index >= 15 is 0 Å². The number of carbonyl (C=O) groups is 2. The molecule has 220 valence electrons. The van der Waals surface area contributed by atoms with E-state index in [0.717, 1.165) is 86.0 Å². The Morgan fingerprint density at radius 2 is 0.902 bits per heavy atom. The standard InChI is InChI=1S/C37H46Br2O2/c1-5-9-13-27-33(40)29(15-11-7-3)36-31-21-23(38)17-19-25(31)26-20-18-24(39)22-32(26)37(36)30(16-12-8-4)34(41)28(14-10-6-2)35(27,36)37/h17-22,27-30H,5-16H2,1-4H3. The van der Waals surface area contributed by atoms with Gasteiger partial charge in [0.05, 0.1) is 0 Å². The molecule has 0 aliphatic heterocycles. The van der Waals surface area contributed by atoms with Crippen LogP contribution in [-0.4, -0.2) is 11.6 Å². The third-order valence-corrected chi connectivity index (χ3v) is 12.9. The second-order valence-corrected chi connectivity index (χ2v) is 15.3. The summed E-state index contributed by atoms with van der Waals surface area (Å²) in [6.45, 7) is 8.99. The quantitative estimate of drug-likeness (QED) is 0.223. The Bertz CT molecular complexity index is 1260. The van der Waals surface area contributed by atoms with Gasteiger partial charge in [-0.3, -0.25) is 9.59 Å². The van der Waals surface area contributed by atoms with Crippen LogP contribution in [0.1, 0.15) is 116 Å². The third kappa shape index (κ3) is 3.53. The molecule has 0 aromatic heterocycles. The lowest BCUT2D eigenvalue weighted by Crippen LogP contribution is -2.44. The van der Waals surface area contributed by atoms with Gasteiger partial charge in [-0.2, -0.15) is 0 Å². The Kier molecular flexibility index (Phi) is 8.01. The molecule has 41 heavy (non-hydrogen) atoms. The van der Waals surface area contributed by atoms with E-state index in [1.165, 1.54) is 22.3 Å². The molecule has 4 aliphatic rings. The van der Waals surface area contributed by atoms with Gasteiger partial charge in [-0.15, -0.1) is 0 Å². The van der Waals surface area contributed by atoms with Crippen molar-refractivity contribution in [1.82, 2.24) is 0 Å². The number of rotatable bonds is 12. The summed E-state index contributed by atoms with van der Waals surface area (Å²) in [5.74, 6) is 0.836. The summed E-state index contributed by atoms with van der Waals surface area (Å²) in [5, 5.41) is 0. The first-order chi connectivity index (χ1) is 19.9. The van der Waals surface area contributed by atoms with E-state index in [1.807, 2.05) is 0 Å². The van der Waals surface area contributed by atoms with Crippen LogP contribution in [-0.2, 0) is 20.4 Å². The predicted molar refractivity (Wildman–Crippen MR) is 175 cm³/mol. The molecule has 0 saturated heterocycles. The fourth-order valence-electron chi connectivity index (χ4n) is 11.0. The number of unbranched alkanes of at least 4 members (excludes halogenated alkanes) is 4. The number of ketones is 2. The Morgan fingerprint density at radius 1 is 0.561 bits per heavy atom. The number of benzene rings is 2. The molecule has 0 N–H and O–H groups in total. The van der Waals surface area contributed by atoms with E-state index in [1.54, 1.807) is 0 Å². The van der Waals surface area contributed by atoms with Crippen molar-refractivity contribution in [3.63, 3.8) is 0 Å². The highest BCUT2D eigenvalue weighted by atomic mass is 79.9. The van der Waals surface area contributed by atoms with E-state index in [-0.39, 0.29) is 39.9 Å². The summed E-state index contributed by atoms with van der Waals surface area (Å²) in [4.78, 5) is 29.9. The van der Waals surface area contributed by atoms with Crippen molar-refractivity contribution in [2.45, 2.75) is 116 Å². The highest BCUT2D eigenvalue weighted by Gasteiger charge is 3.02. The Labute approximate surface area is 264 Å². The van der Waals surface area contributed by atoms with Crippen molar-refractivity contribution in [3.8, 4) is 11.1 Å². The van der Waals surface area contributed by atoms with Gasteiger partial charge in [0, 0.05) is 48.9 Å². The molecule has 2 aromatic carbocycles. The fourth-order valence-corrected chi connectivity index (χ4v) is 11.7. The summed E-state index contributed by atoms with van der Waals surface area (Å²) in [6, 6.07) is 13.7. The summed E-state index contributed by atoms with van der Waals surface area (Å²) in [6.07, 6.45) is 12.3. The molecular formula is C37H46Br2O2. The molecule has 0 heterocycles. The number of carbonyl (C=O) groups excluding carboxylic acids is 2. The Balaban J connectivity index is 1.76. The molecule has 0 bridgehead atoms. The van der Waals surface area contributed by atoms with E-state index < -0.39 is 0 Å². The van der Waals surface area contributed by atoms with Gasteiger partial charge in [-0.25, -0.2) is 0 Å². The van der Waals surface area contributed by atoms with Crippen molar-refractivity contribution in [1.29, 1.82) is 0 Å². The van der Waals surface area contributed by atoms with E-state index in [9.17, 15) is 9.59 Å². The van der Waals surface area contributed by atoms with Crippen molar-refractivity contribution in [2.75, 3.05) is 0 Å². The van der Waals surface area contributed by atoms with Gasteiger partial charge in [0.25, 0.3) is 0 Å². The molecule has 0 amide bonds. The van der Waals surface area contributed by atoms with Gasteiger partial charge in [0.2, 0.25) is 0 Å². The van der Waals surface area contributed by atoms with Gasteiger partial charge in [0.1, 0.15) is 11.6 Å². The first-order valence-corrected chi connectivity index (χ1v) is 18.1. The molecule has 3 spiro atoms. The lowest BCUT2D eigenvalue weighted by Gasteiger charge is -2.42. The van der Waals surface area contributed by atoms with Crippen LogP contribution in [0.15, 0.2) is 45.3 Å². The zero-order valence-corrected chi connectivity index (χ0v) is 28.5. The van der Waals surface area contributed by atoms with Gasteiger partial charge >= 0.3 is 0 Å². The molecule has 3 fully saturated rings. The van der Waals surface area contributed by atoms with E-state index in [0.29, 0.717) is 11.6 Å². The summed E-state index contributed by atoms with van der Waals surface area (Å²) in [5.41, 5.74) is 4.38. The highest BCUT2D eigenvalue weighted by molar-refractivity contribution is 9.10. The molecule has 6 rings (SSSR count). The zero-order chi connectivity index (χ0) is 29.2. The van der Waals surface area contributed by atoms with Crippen molar-refractivity contribution >= 4 is 43.4 Å². The first-order valence-electron chi connectivity index (χ1n) is 16.5. The van der Waals surface area contributed by atoms with Gasteiger partial charge in [-0.1, -0.05) is 123 Å². The molecular weight excluding hydrogens is 636 g/mol. The van der Waals surface area contributed by atoms with Crippen molar-refractivity contribution in [3.05, 3.63) is 56.5 Å². The Hall–Kier alpha value is -1.26. The van der Waals surface area contributed by atoms with Gasteiger partial charge in [-0.05, 0) is 72.2 Å². The van der Waals surface area contributed by atoms with Crippen LogP contribution in [0.4, 0.5) is 0 Å². The molecule has 2 aromatic rings. The average molecular weight is 683 g/mol. The van der Waals surface area contributed by atoms with Gasteiger partial charge in [0.15, 0.2) is 0 Å². The number of hydrogen-bond acceptors (Lipinski definition) is 2. The van der Waals surface area contributed by atoms with Crippen LogP contribution in [0.25, 0.3) is 11.1 Å². The lowest BCUT2D eigenvalue weighted by molar-refractivity contribution is -0.128. The second kappa shape index (κ2) is 11.0. The van der Waals surface area contributed by atoms with Crippen LogP contribution in [0.3, 0.4) is 0 Å². The summed E-state index contributed by atoms with van der Waals surface area (Å²) < 4.78 is 2.17. The summed E-state index contributed by atoms with van der Waals surface area (Å²) >= 11 is 7.74. The Morgan fingerprint density at radius 3 is 1.24 bits per heavy atom. The van der Waals surface area contributed by atoms with E-state index in [4.69, 9.17) is 0 Å². The summed E-state index contributed by atoms with van der Waals surface area (Å²) in [7, 11) is 0. The SMILES string of the molecule is CCCCC1C(=O)C(CCCC)C23C(CCCC)C(=O)C(CCCC)C24c2cc(Br)ccc2-c2ccc(Br)cc2C143. The highest BCUT2D eigenvalue weighted by Crippen LogP contribution is 2.98. The minimum Gasteiger partial charge on any atom is -0.299 e. The predicted octanol–water partition coefficient (Wildman–Crippen LogP) is 10.8. The minimum atomic E-state index is -0.323. The van der Waals surface area contributed by atoms with E-state index in [2.05, 4.69) is 96.0 Å². The van der Waals surface area contributed by atoms with Crippen LogP contribution < -0.4 is 0 Å². The maximum atomic E-state index is 14.9. The lowest BCUT2D eigenvalue weighted by atomic mass is 9.59. The molecule has 6 atom stereocenters. The number of Topliss-reactive ketones (excluding diaryl/α,β-unsaturated/α-hetero) is 2.